The SMILES string of the molecule is CC(=O)Oc1c(-c2ccccc2)c(C)cc2oc3ccccc3c12. The summed E-state index contributed by atoms with van der Waals surface area (Å²) in [6.07, 6.45) is 0. The molecule has 24 heavy (non-hydrogen) atoms. The van der Waals surface area contributed by atoms with Crippen LogP contribution in [0.5, 0.6) is 5.75 Å². The van der Waals surface area contributed by atoms with Crippen LogP contribution in [0.15, 0.2) is 65.1 Å². The second kappa shape index (κ2) is 5.53. The summed E-state index contributed by atoms with van der Waals surface area (Å²) in [5.74, 6) is 0.220. The van der Waals surface area contributed by atoms with E-state index in [0.717, 1.165) is 38.6 Å². The molecule has 0 aliphatic rings. The number of furan rings is 1. The van der Waals surface area contributed by atoms with Gasteiger partial charge in [0.15, 0.2) is 5.75 Å². The normalized spacial score (nSPS) is 11.1. The lowest BCUT2D eigenvalue weighted by molar-refractivity contribution is -0.131. The molecule has 0 aliphatic heterocycles. The van der Waals surface area contributed by atoms with Gasteiger partial charge < -0.3 is 9.15 Å². The van der Waals surface area contributed by atoms with Crippen molar-refractivity contribution in [2.24, 2.45) is 0 Å². The Labute approximate surface area is 139 Å². The van der Waals surface area contributed by atoms with E-state index in [-0.39, 0.29) is 5.97 Å². The van der Waals surface area contributed by atoms with E-state index in [2.05, 4.69) is 0 Å². The largest absolute Gasteiger partial charge is 0.456 e. The maximum absolute atomic E-state index is 11.8. The topological polar surface area (TPSA) is 39.4 Å². The maximum atomic E-state index is 11.8. The summed E-state index contributed by atoms with van der Waals surface area (Å²) < 4.78 is 11.6. The molecule has 0 fully saturated rings. The Hall–Kier alpha value is -3.07. The van der Waals surface area contributed by atoms with Gasteiger partial charge in [0.1, 0.15) is 11.2 Å². The lowest BCUT2D eigenvalue weighted by atomic mass is 9.96. The van der Waals surface area contributed by atoms with Crippen LogP contribution in [0, 0.1) is 6.92 Å². The van der Waals surface area contributed by atoms with E-state index in [0.29, 0.717) is 5.75 Å². The number of ether oxygens (including phenoxy) is 1. The van der Waals surface area contributed by atoms with Crippen molar-refractivity contribution in [1.82, 2.24) is 0 Å². The predicted octanol–water partition coefficient (Wildman–Crippen LogP) is 5.49. The highest BCUT2D eigenvalue weighted by Gasteiger charge is 2.20. The molecule has 1 aromatic heterocycles. The van der Waals surface area contributed by atoms with E-state index in [4.69, 9.17) is 9.15 Å². The molecule has 118 valence electrons. The number of rotatable bonds is 2. The zero-order valence-corrected chi connectivity index (χ0v) is 13.5. The average molecular weight is 316 g/mol. The predicted molar refractivity (Wildman–Crippen MR) is 95.2 cm³/mol. The van der Waals surface area contributed by atoms with Crippen LogP contribution < -0.4 is 4.74 Å². The third-order valence-corrected chi connectivity index (χ3v) is 4.13. The fourth-order valence-corrected chi connectivity index (χ4v) is 3.18. The highest BCUT2D eigenvalue weighted by Crippen LogP contribution is 2.44. The number of para-hydroxylation sites is 1. The highest BCUT2D eigenvalue weighted by molar-refractivity contribution is 6.12. The summed E-state index contributed by atoms with van der Waals surface area (Å²) in [6, 6.07) is 19.8. The third-order valence-electron chi connectivity index (χ3n) is 4.13. The first-order chi connectivity index (χ1) is 11.6. The van der Waals surface area contributed by atoms with Crippen molar-refractivity contribution in [2.45, 2.75) is 13.8 Å². The van der Waals surface area contributed by atoms with Gasteiger partial charge in [0.25, 0.3) is 0 Å². The minimum Gasteiger partial charge on any atom is -0.456 e. The van der Waals surface area contributed by atoms with Crippen LogP contribution in [0.4, 0.5) is 0 Å². The maximum Gasteiger partial charge on any atom is 0.308 e. The highest BCUT2D eigenvalue weighted by atomic mass is 16.5. The number of carbonyl (C=O) groups is 1. The molecule has 0 unspecified atom stereocenters. The van der Waals surface area contributed by atoms with Crippen molar-refractivity contribution < 1.29 is 13.9 Å². The van der Waals surface area contributed by atoms with Crippen LogP contribution in [-0.4, -0.2) is 5.97 Å². The van der Waals surface area contributed by atoms with Crippen LogP contribution in [-0.2, 0) is 4.79 Å². The summed E-state index contributed by atoms with van der Waals surface area (Å²) >= 11 is 0. The van der Waals surface area contributed by atoms with E-state index < -0.39 is 0 Å². The standard InChI is InChI=1S/C21H16O3/c1-13-12-18-20(16-10-6-7-11-17(16)24-18)21(23-14(2)22)19(13)15-8-4-3-5-9-15/h3-12H,1-2H3. The monoisotopic (exact) mass is 316 g/mol. The number of benzene rings is 3. The number of aryl methyl sites for hydroxylation is 1. The molecule has 0 bridgehead atoms. The molecule has 0 N–H and O–H groups in total. The smallest absolute Gasteiger partial charge is 0.308 e. The van der Waals surface area contributed by atoms with Crippen molar-refractivity contribution in [3.05, 3.63) is 66.2 Å². The number of fused-ring (bicyclic) bond motifs is 3. The summed E-state index contributed by atoms with van der Waals surface area (Å²) in [5.41, 5.74) is 4.45. The van der Waals surface area contributed by atoms with E-state index in [1.54, 1.807) is 0 Å². The van der Waals surface area contributed by atoms with Gasteiger partial charge in [0.2, 0.25) is 0 Å². The first-order valence-electron chi connectivity index (χ1n) is 7.84. The molecular formula is C21H16O3. The van der Waals surface area contributed by atoms with Gasteiger partial charge in [-0.3, -0.25) is 4.79 Å². The number of hydrogen-bond acceptors (Lipinski definition) is 3. The molecule has 4 rings (SSSR count). The molecule has 0 aliphatic carbocycles. The van der Waals surface area contributed by atoms with Crippen molar-refractivity contribution in [3.63, 3.8) is 0 Å². The molecule has 0 atom stereocenters. The molecular weight excluding hydrogens is 300 g/mol. The van der Waals surface area contributed by atoms with Crippen LogP contribution in [0.3, 0.4) is 0 Å². The average Bonchev–Trinajstić information content (AvgIpc) is 2.93. The van der Waals surface area contributed by atoms with Gasteiger partial charge >= 0.3 is 5.97 Å². The molecule has 0 amide bonds. The van der Waals surface area contributed by atoms with Crippen LogP contribution in [0.2, 0.25) is 0 Å². The molecule has 3 nitrogen and oxygen atoms in total. The van der Waals surface area contributed by atoms with Gasteiger partial charge in [-0.05, 0) is 30.2 Å². The Bertz CT molecular complexity index is 1060. The molecule has 0 radical (unpaired) electrons. The van der Waals surface area contributed by atoms with Gasteiger partial charge in [-0.2, -0.15) is 0 Å². The Kier molecular flexibility index (Phi) is 3.35. The van der Waals surface area contributed by atoms with E-state index in [9.17, 15) is 4.79 Å². The van der Waals surface area contributed by atoms with E-state index in [1.165, 1.54) is 6.92 Å². The van der Waals surface area contributed by atoms with Crippen LogP contribution in [0.25, 0.3) is 33.1 Å². The van der Waals surface area contributed by atoms with Crippen molar-refractivity contribution in [1.29, 1.82) is 0 Å². The minimum absolute atomic E-state index is 0.343. The molecule has 0 saturated carbocycles. The third kappa shape index (κ3) is 2.26. The second-order valence-corrected chi connectivity index (χ2v) is 5.83. The molecule has 0 spiro atoms. The van der Waals surface area contributed by atoms with Crippen molar-refractivity contribution in [2.75, 3.05) is 0 Å². The van der Waals surface area contributed by atoms with Gasteiger partial charge in [-0.1, -0.05) is 48.5 Å². The molecule has 0 saturated heterocycles. The lowest BCUT2D eigenvalue weighted by Gasteiger charge is -2.13. The lowest BCUT2D eigenvalue weighted by Crippen LogP contribution is -2.04. The Morgan fingerprint density at radius 1 is 0.958 bits per heavy atom. The fourth-order valence-electron chi connectivity index (χ4n) is 3.18. The molecule has 1 heterocycles. The Balaban J connectivity index is 2.16. The molecule has 3 aromatic carbocycles. The number of esters is 1. The summed E-state index contributed by atoms with van der Waals surface area (Å²) in [4.78, 5) is 11.8. The summed E-state index contributed by atoms with van der Waals surface area (Å²) in [7, 11) is 0. The van der Waals surface area contributed by atoms with Crippen LogP contribution in [0.1, 0.15) is 12.5 Å². The van der Waals surface area contributed by atoms with Crippen molar-refractivity contribution >= 4 is 27.9 Å². The number of hydrogen-bond donors (Lipinski definition) is 0. The van der Waals surface area contributed by atoms with Gasteiger partial charge in [0, 0.05) is 17.9 Å². The summed E-state index contributed by atoms with van der Waals surface area (Å²) in [6.45, 7) is 3.42. The van der Waals surface area contributed by atoms with Crippen LogP contribution >= 0.6 is 0 Å². The van der Waals surface area contributed by atoms with Gasteiger partial charge in [0.05, 0.1) is 5.39 Å². The Morgan fingerprint density at radius 2 is 1.67 bits per heavy atom. The first-order valence-corrected chi connectivity index (χ1v) is 7.84. The zero-order chi connectivity index (χ0) is 16.7. The first kappa shape index (κ1) is 14.5. The minimum atomic E-state index is -0.343. The van der Waals surface area contributed by atoms with Gasteiger partial charge in [-0.25, -0.2) is 0 Å². The molecule has 4 aromatic rings. The van der Waals surface area contributed by atoms with E-state index in [1.807, 2.05) is 67.6 Å². The number of carbonyl (C=O) groups excluding carboxylic acids is 1. The Morgan fingerprint density at radius 3 is 2.42 bits per heavy atom. The van der Waals surface area contributed by atoms with E-state index >= 15 is 0 Å². The zero-order valence-electron chi connectivity index (χ0n) is 13.5. The second-order valence-electron chi connectivity index (χ2n) is 5.83. The fraction of sp³-hybridized carbons (Fsp3) is 0.0952. The summed E-state index contributed by atoms with van der Waals surface area (Å²) in [5, 5.41) is 1.78. The molecule has 3 heteroatoms. The van der Waals surface area contributed by atoms with Gasteiger partial charge in [-0.15, -0.1) is 0 Å². The quantitative estimate of drug-likeness (QED) is 0.363. The van der Waals surface area contributed by atoms with Crippen molar-refractivity contribution in [3.8, 4) is 16.9 Å².